The minimum absolute atomic E-state index is 0.0328. The Hall–Kier alpha value is -2.98. The molecule has 11 heteroatoms. The number of esters is 5. The van der Waals surface area contributed by atoms with Crippen molar-refractivity contribution in [2.24, 2.45) is 0 Å². The molecule has 0 aromatic rings. The van der Waals surface area contributed by atoms with Crippen LogP contribution in [0.3, 0.4) is 0 Å². The van der Waals surface area contributed by atoms with Gasteiger partial charge in [0.25, 0.3) is 0 Å². The van der Waals surface area contributed by atoms with Gasteiger partial charge >= 0.3 is 29.8 Å². The maximum atomic E-state index is 14.4. The van der Waals surface area contributed by atoms with Crippen molar-refractivity contribution in [3.63, 3.8) is 0 Å². The molecular weight excluding hydrogens is 1330 g/mol. The molecule has 0 heterocycles. The number of ether oxygens (including phenoxy) is 5. The van der Waals surface area contributed by atoms with Gasteiger partial charge in [0.15, 0.2) is 30.7 Å². The van der Waals surface area contributed by atoms with Gasteiger partial charge in [-0.25, -0.2) is 0 Å². The maximum Gasteiger partial charge on any atom is 0.306 e. The van der Waals surface area contributed by atoms with Gasteiger partial charge in [-0.15, -0.1) is 0 Å². The lowest BCUT2D eigenvalue weighted by molar-refractivity contribution is -0.204. The third-order valence-electron chi connectivity index (χ3n) is 22.6. The van der Waals surface area contributed by atoms with E-state index in [1.54, 1.807) is 0 Å². The summed E-state index contributed by atoms with van der Waals surface area (Å²) in [7, 11) is 0. The largest absolute Gasteiger partial charge is 0.462 e. The first-order chi connectivity index (χ1) is 52.7. The third-order valence-corrected chi connectivity index (χ3v) is 22.6. The van der Waals surface area contributed by atoms with E-state index in [4.69, 9.17) is 23.7 Å². The number of rotatable bonds is 90. The number of unbranched alkanes of at least 4 members (excludes halogenated alkanes) is 70. The molecule has 0 spiro atoms. The normalized spacial score (nSPS) is 12.6. The summed E-state index contributed by atoms with van der Waals surface area (Å²) in [6.45, 7) is 10.8. The van der Waals surface area contributed by atoms with Crippen molar-refractivity contribution < 1.29 is 52.5 Å². The van der Waals surface area contributed by atoms with E-state index in [1.807, 2.05) is 0 Å². The summed E-state index contributed by atoms with van der Waals surface area (Å²) in [6.07, 6.45) is 83.3. The molecule has 4 atom stereocenters. The predicted octanol–water partition coefficient (Wildman–Crippen LogP) is 30.7. The summed E-state index contributed by atoms with van der Waals surface area (Å²) in [5, 5.41) is 0. The summed E-state index contributed by atoms with van der Waals surface area (Å²) in [4.78, 5) is 84.4. The number of hydrogen-bond donors (Lipinski definition) is 0. The van der Waals surface area contributed by atoms with Gasteiger partial charge in [0.2, 0.25) is 0 Å². The van der Waals surface area contributed by atoms with Crippen LogP contribution in [0.15, 0.2) is 0 Å². The van der Waals surface area contributed by atoms with E-state index in [-0.39, 0.29) is 32.1 Å². The molecule has 0 unspecified atom stereocenters. The first-order valence-corrected chi connectivity index (χ1v) is 48.1. The highest BCUT2D eigenvalue weighted by Crippen LogP contribution is 2.26. The lowest BCUT2D eigenvalue weighted by Crippen LogP contribution is -2.54. The Kier molecular flexibility index (Phi) is 84.6. The smallest absolute Gasteiger partial charge is 0.306 e. The fraction of sp³-hybridized carbons (Fsp3) is 0.938. The Balaban J connectivity index is 6.62. The van der Waals surface area contributed by atoms with Gasteiger partial charge in [-0.05, 0) is 32.1 Å². The standard InChI is InChI=1S/C96H182O11/c1-6-11-16-21-26-31-36-41-46-51-56-61-66-71-76-81-90(98)103-87-89(105-92(100)83-78-73-68-63-58-53-48-43-38-33-28-23-18-13-8-3)96(107-94(102)85-80-75-70-65-60-55-50-45-40-35-30-25-20-15-10-5)95(106-93(101)84-79-74-69-64-59-54-49-44-39-34-29-24-19-14-9-4)88(86-97)104-91(99)82-77-72-67-62-57-52-47-42-37-32-27-22-17-12-7-2/h86,88-89,95-96H,6-85,87H2,1-5H3/t88-,89+,95+,96-/m0/s1. The zero-order valence-electron chi connectivity index (χ0n) is 72.2. The van der Waals surface area contributed by atoms with Crippen LogP contribution in [0.4, 0.5) is 0 Å². The highest BCUT2D eigenvalue weighted by atomic mass is 16.6. The molecule has 0 aromatic heterocycles. The highest BCUT2D eigenvalue weighted by molar-refractivity contribution is 5.75. The molecule has 0 saturated heterocycles. The second-order valence-electron chi connectivity index (χ2n) is 33.2. The summed E-state index contributed by atoms with van der Waals surface area (Å²) in [5.41, 5.74) is 0. The molecular formula is C96H182O11. The van der Waals surface area contributed by atoms with Crippen molar-refractivity contribution in [2.75, 3.05) is 6.61 Å². The average Bonchev–Trinajstić information content (AvgIpc) is 0.826. The van der Waals surface area contributed by atoms with Gasteiger partial charge in [-0.3, -0.25) is 28.8 Å². The SMILES string of the molecule is CCCCCCCCCCCCCCCCCC(=O)OC[C@@H](OC(=O)CCCCCCCCCCCCCCCCC)[C@H](OC(=O)CCCCCCCCCCCCCCCCC)[C@H](OC(=O)CCCCCCCCCCCCCCCCC)[C@H](C=O)OC(=O)CCCCCCCCCCCCCCCCC. The number of carbonyl (C=O) groups excluding carboxylic acids is 6. The molecule has 0 saturated carbocycles. The Bertz CT molecular complexity index is 1870. The molecule has 0 aliphatic rings. The molecule has 0 aromatic carbocycles. The van der Waals surface area contributed by atoms with Crippen molar-refractivity contribution >= 4 is 36.1 Å². The second-order valence-corrected chi connectivity index (χ2v) is 33.2. The molecule has 107 heavy (non-hydrogen) atoms. The lowest BCUT2D eigenvalue weighted by atomic mass is 10.0. The van der Waals surface area contributed by atoms with Crippen LogP contribution in [-0.2, 0) is 52.5 Å². The van der Waals surface area contributed by atoms with Crippen LogP contribution in [0, 0.1) is 0 Å². The Morgan fingerprint density at radius 2 is 0.355 bits per heavy atom. The van der Waals surface area contributed by atoms with E-state index >= 15 is 0 Å². The fourth-order valence-electron chi connectivity index (χ4n) is 15.4. The number of hydrogen-bond acceptors (Lipinski definition) is 11. The predicted molar refractivity (Wildman–Crippen MR) is 454 cm³/mol. The molecule has 0 fully saturated rings. The van der Waals surface area contributed by atoms with E-state index in [0.717, 1.165) is 109 Å². The van der Waals surface area contributed by atoms with Crippen LogP contribution in [0.25, 0.3) is 0 Å². The van der Waals surface area contributed by atoms with E-state index < -0.39 is 60.9 Å². The Morgan fingerprint density at radius 3 is 0.551 bits per heavy atom. The van der Waals surface area contributed by atoms with Crippen LogP contribution in [-0.4, -0.2) is 67.2 Å². The summed E-state index contributed by atoms with van der Waals surface area (Å²) >= 11 is 0. The third kappa shape index (κ3) is 76.8. The maximum absolute atomic E-state index is 14.4. The van der Waals surface area contributed by atoms with Crippen molar-refractivity contribution in [3.05, 3.63) is 0 Å². The second kappa shape index (κ2) is 87.0. The summed E-state index contributed by atoms with van der Waals surface area (Å²) < 4.78 is 31.1. The first-order valence-electron chi connectivity index (χ1n) is 48.1. The molecule has 0 radical (unpaired) electrons. The molecule has 0 rings (SSSR count). The van der Waals surface area contributed by atoms with E-state index in [2.05, 4.69) is 34.6 Å². The van der Waals surface area contributed by atoms with Gasteiger partial charge < -0.3 is 23.7 Å². The minimum atomic E-state index is -1.69. The van der Waals surface area contributed by atoms with Gasteiger partial charge in [0, 0.05) is 32.1 Å². The van der Waals surface area contributed by atoms with Gasteiger partial charge in [-0.2, -0.15) is 0 Å². The molecule has 11 nitrogen and oxygen atoms in total. The molecule has 0 amide bonds. The molecule has 0 N–H and O–H groups in total. The highest BCUT2D eigenvalue weighted by Gasteiger charge is 2.45. The van der Waals surface area contributed by atoms with E-state index in [9.17, 15) is 28.8 Å². The van der Waals surface area contributed by atoms with Gasteiger partial charge in [0.05, 0.1) is 0 Å². The van der Waals surface area contributed by atoms with E-state index in [0.29, 0.717) is 38.4 Å². The van der Waals surface area contributed by atoms with Gasteiger partial charge in [0.1, 0.15) is 6.61 Å². The van der Waals surface area contributed by atoms with Crippen molar-refractivity contribution in [1.29, 1.82) is 0 Å². The molecule has 0 aliphatic heterocycles. The quantitative estimate of drug-likeness (QED) is 0.0248. The van der Waals surface area contributed by atoms with Crippen LogP contribution in [0.2, 0.25) is 0 Å². The van der Waals surface area contributed by atoms with Crippen LogP contribution in [0.1, 0.15) is 548 Å². The fourth-order valence-corrected chi connectivity index (χ4v) is 15.4. The zero-order chi connectivity index (χ0) is 77.7. The summed E-state index contributed by atoms with van der Waals surface area (Å²) in [5.74, 6) is -2.92. The van der Waals surface area contributed by atoms with Crippen molar-refractivity contribution in [1.82, 2.24) is 0 Å². The topological polar surface area (TPSA) is 149 Å². The van der Waals surface area contributed by atoms with Gasteiger partial charge in [-0.1, -0.05) is 484 Å². The lowest BCUT2D eigenvalue weighted by Gasteiger charge is -2.34. The molecule has 0 bridgehead atoms. The Labute approximate surface area is 664 Å². The van der Waals surface area contributed by atoms with Crippen LogP contribution in [0.5, 0.6) is 0 Å². The zero-order valence-corrected chi connectivity index (χ0v) is 72.2. The molecule has 632 valence electrons. The van der Waals surface area contributed by atoms with Crippen LogP contribution >= 0.6 is 0 Å². The number of aldehydes is 1. The number of carbonyl (C=O) groups is 6. The minimum Gasteiger partial charge on any atom is -0.462 e. The van der Waals surface area contributed by atoms with Crippen molar-refractivity contribution in [2.45, 2.75) is 573 Å². The Morgan fingerprint density at radius 1 is 0.196 bits per heavy atom. The van der Waals surface area contributed by atoms with Crippen molar-refractivity contribution in [3.8, 4) is 0 Å². The molecule has 0 aliphatic carbocycles. The summed E-state index contributed by atoms with van der Waals surface area (Å²) in [6, 6.07) is 0. The average molecular weight is 1510 g/mol. The van der Waals surface area contributed by atoms with E-state index in [1.165, 1.54) is 340 Å². The monoisotopic (exact) mass is 1510 g/mol. The first kappa shape index (κ1) is 104. The van der Waals surface area contributed by atoms with Crippen LogP contribution < -0.4 is 0 Å².